The summed E-state index contributed by atoms with van der Waals surface area (Å²) in [4.78, 5) is 21.1. The molecule has 1 heterocycles. The molecule has 0 bridgehead atoms. The second-order valence-electron chi connectivity index (χ2n) is 4.36. The van der Waals surface area contributed by atoms with Crippen molar-refractivity contribution < 1.29 is 14.7 Å². The third-order valence-corrected chi connectivity index (χ3v) is 2.84. The van der Waals surface area contributed by atoms with Gasteiger partial charge in [-0.1, -0.05) is 6.42 Å². The summed E-state index contributed by atoms with van der Waals surface area (Å²) in [5, 5.41) is 8.65. The van der Waals surface area contributed by atoms with E-state index in [1.807, 2.05) is 18.3 Å². The lowest BCUT2D eigenvalue weighted by Crippen LogP contribution is -2.10. The highest BCUT2D eigenvalue weighted by Gasteiger charge is 2.04. The van der Waals surface area contributed by atoms with Crippen LogP contribution in [0.1, 0.15) is 37.8 Å². The zero-order valence-electron chi connectivity index (χ0n) is 10.5. The molecule has 5 nitrogen and oxygen atoms in total. The Hall–Kier alpha value is -1.78. The summed E-state index contributed by atoms with van der Waals surface area (Å²) in [7, 11) is 0. The van der Waals surface area contributed by atoms with Crippen molar-refractivity contribution in [3.8, 4) is 0 Å². The lowest BCUT2D eigenvalue weighted by molar-refractivity contribution is -0.137. The van der Waals surface area contributed by atoms with Crippen molar-refractivity contribution in [3.05, 3.63) is 24.0 Å². The number of amides is 1. The van der Waals surface area contributed by atoms with Gasteiger partial charge in [0.05, 0.1) is 6.42 Å². The van der Waals surface area contributed by atoms with E-state index < -0.39 is 5.97 Å². The molecule has 1 aromatic heterocycles. The van der Waals surface area contributed by atoms with E-state index in [-0.39, 0.29) is 12.3 Å². The second-order valence-corrected chi connectivity index (χ2v) is 4.36. The van der Waals surface area contributed by atoms with E-state index in [1.165, 1.54) is 0 Å². The molecule has 1 amide bonds. The summed E-state index contributed by atoms with van der Waals surface area (Å²) >= 11 is 0. The van der Waals surface area contributed by atoms with Crippen LogP contribution in [0.2, 0.25) is 0 Å². The Morgan fingerprint density at radius 1 is 1.22 bits per heavy atom. The van der Waals surface area contributed by atoms with E-state index in [0.717, 1.165) is 31.5 Å². The minimum atomic E-state index is -0.774. The molecular formula is C13H20N2O3. The molecule has 0 radical (unpaired) electrons. The predicted molar refractivity (Wildman–Crippen MR) is 68.1 cm³/mol. The van der Waals surface area contributed by atoms with Crippen LogP contribution >= 0.6 is 0 Å². The van der Waals surface area contributed by atoms with Gasteiger partial charge < -0.3 is 15.4 Å². The van der Waals surface area contributed by atoms with E-state index in [0.29, 0.717) is 12.8 Å². The van der Waals surface area contributed by atoms with Crippen LogP contribution in [0, 0.1) is 0 Å². The summed E-state index contributed by atoms with van der Waals surface area (Å²) in [6.45, 7) is 0.862. The fraction of sp³-hybridized carbons (Fsp3) is 0.538. The van der Waals surface area contributed by atoms with Crippen molar-refractivity contribution in [1.29, 1.82) is 0 Å². The number of carbonyl (C=O) groups is 2. The fourth-order valence-corrected chi connectivity index (χ4v) is 1.89. The lowest BCUT2D eigenvalue weighted by atomic mass is 10.2. The minimum Gasteiger partial charge on any atom is -0.481 e. The Labute approximate surface area is 107 Å². The lowest BCUT2D eigenvalue weighted by Gasteiger charge is -2.08. The van der Waals surface area contributed by atoms with E-state index >= 15 is 0 Å². The van der Waals surface area contributed by atoms with E-state index in [4.69, 9.17) is 10.8 Å². The van der Waals surface area contributed by atoms with Gasteiger partial charge in [0.2, 0.25) is 5.91 Å². The Kier molecular flexibility index (Phi) is 5.97. The van der Waals surface area contributed by atoms with Crippen molar-refractivity contribution >= 4 is 11.9 Å². The Balaban J connectivity index is 2.27. The molecule has 5 heteroatoms. The van der Waals surface area contributed by atoms with Crippen LogP contribution in [0.5, 0.6) is 0 Å². The van der Waals surface area contributed by atoms with Gasteiger partial charge in [-0.3, -0.25) is 9.59 Å². The van der Waals surface area contributed by atoms with E-state index in [9.17, 15) is 9.59 Å². The van der Waals surface area contributed by atoms with Crippen LogP contribution in [-0.2, 0) is 22.6 Å². The van der Waals surface area contributed by atoms with Crippen molar-refractivity contribution in [3.63, 3.8) is 0 Å². The number of aromatic nitrogens is 1. The second kappa shape index (κ2) is 7.53. The number of nitrogens with zero attached hydrogens (tertiary/aromatic N) is 1. The number of hydrogen-bond acceptors (Lipinski definition) is 2. The van der Waals surface area contributed by atoms with Crippen molar-refractivity contribution in [2.45, 2.75) is 45.1 Å². The van der Waals surface area contributed by atoms with Crippen LogP contribution in [-0.4, -0.2) is 21.6 Å². The maximum Gasteiger partial charge on any atom is 0.303 e. The number of hydrogen-bond donors (Lipinski definition) is 2. The number of aliphatic carboxylic acids is 1. The Morgan fingerprint density at radius 3 is 2.67 bits per heavy atom. The highest BCUT2D eigenvalue weighted by Crippen LogP contribution is 2.09. The summed E-state index contributed by atoms with van der Waals surface area (Å²) in [5.41, 5.74) is 6.11. The SMILES string of the molecule is NC(=O)CCCCCn1cccc1CCC(=O)O. The number of nitrogens with two attached hydrogens (primary N) is 1. The van der Waals surface area contributed by atoms with Gasteiger partial charge in [0.25, 0.3) is 0 Å². The Bertz CT molecular complexity index is 399. The number of aryl methyl sites for hydroxylation is 2. The number of unbranched alkanes of at least 4 members (excludes halogenated alkanes) is 2. The number of carbonyl (C=O) groups excluding carboxylic acids is 1. The molecule has 1 rings (SSSR count). The predicted octanol–water partition coefficient (Wildman–Crippen LogP) is 1.55. The molecule has 0 saturated heterocycles. The van der Waals surface area contributed by atoms with Crippen LogP contribution in [0.15, 0.2) is 18.3 Å². The van der Waals surface area contributed by atoms with Gasteiger partial charge in [0, 0.05) is 24.9 Å². The smallest absolute Gasteiger partial charge is 0.303 e. The molecule has 0 aliphatic heterocycles. The summed E-state index contributed by atoms with van der Waals surface area (Å²) in [5.74, 6) is -1.03. The summed E-state index contributed by atoms with van der Waals surface area (Å²) in [6, 6.07) is 3.88. The van der Waals surface area contributed by atoms with Gasteiger partial charge in [0.1, 0.15) is 0 Å². The van der Waals surface area contributed by atoms with Gasteiger partial charge in [-0.25, -0.2) is 0 Å². The largest absolute Gasteiger partial charge is 0.481 e. The highest BCUT2D eigenvalue weighted by atomic mass is 16.4. The monoisotopic (exact) mass is 252 g/mol. The Morgan fingerprint density at radius 2 is 2.00 bits per heavy atom. The minimum absolute atomic E-state index is 0.158. The molecule has 0 spiro atoms. The zero-order chi connectivity index (χ0) is 13.4. The van der Waals surface area contributed by atoms with Gasteiger partial charge >= 0.3 is 5.97 Å². The molecule has 0 fully saturated rings. The molecule has 0 aliphatic rings. The van der Waals surface area contributed by atoms with Crippen molar-refractivity contribution in [2.24, 2.45) is 5.73 Å². The van der Waals surface area contributed by atoms with E-state index in [2.05, 4.69) is 4.57 Å². The first kappa shape index (κ1) is 14.3. The fourth-order valence-electron chi connectivity index (χ4n) is 1.89. The first-order chi connectivity index (χ1) is 8.59. The van der Waals surface area contributed by atoms with Gasteiger partial charge in [-0.2, -0.15) is 0 Å². The van der Waals surface area contributed by atoms with Crippen LogP contribution < -0.4 is 5.73 Å². The number of carboxylic acid groups (broad SMARTS) is 1. The average Bonchev–Trinajstić information content (AvgIpc) is 2.73. The first-order valence-electron chi connectivity index (χ1n) is 6.23. The van der Waals surface area contributed by atoms with Gasteiger partial charge in [0.15, 0.2) is 0 Å². The quantitative estimate of drug-likeness (QED) is 0.654. The molecule has 1 aromatic rings. The van der Waals surface area contributed by atoms with Gasteiger partial charge in [-0.05, 0) is 31.4 Å². The molecule has 0 aromatic carbocycles. The highest BCUT2D eigenvalue weighted by molar-refractivity contribution is 5.73. The maximum atomic E-state index is 10.6. The molecule has 100 valence electrons. The van der Waals surface area contributed by atoms with Crippen molar-refractivity contribution in [1.82, 2.24) is 4.57 Å². The number of carboxylic acids is 1. The molecule has 0 aliphatic carbocycles. The normalized spacial score (nSPS) is 10.4. The van der Waals surface area contributed by atoms with E-state index in [1.54, 1.807) is 0 Å². The molecule has 0 saturated carbocycles. The maximum absolute atomic E-state index is 10.6. The first-order valence-corrected chi connectivity index (χ1v) is 6.23. The topological polar surface area (TPSA) is 85.3 Å². The summed E-state index contributed by atoms with van der Waals surface area (Å²) < 4.78 is 2.08. The molecule has 3 N–H and O–H groups in total. The molecular weight excluding hydrogens is 232 g/mol. The van der Waals surface area contributed by atoms with Crippen LogP contribution in [0.4, 0.5) is 0 Å². The zero-order valence-corrected chi connectivity index (χ0v) is 10.5. The average molecular weight is 252 g/mol. The molecule has 0 unspecified atom stereocenters. The number of rotatable bonds is 9. The van der Waals surface area contributed by atoms with Crippen molar-refractivity contribution in [2.75, 3.05) is 0 Å². The third-order valence-electron chi connectivity index (χ3n) is 2.84. The van der Waals surface area contributed by atoms with Crippen LogP contribution in [0.3, 0.4) is 0 Å². The standard InChI is InChI=1S/C13H20N2O3/c14-12(16)6-2-1-3-9-15-10-4-5-11(15)7-8-13(17)18/h4-5,10H,1-3,6-9H2,(H2,14,16)(H,17,18). The van der Waals surface area contributed by atoms with Gasteiger partial charge in [-0.15, -0.1) is 0 Å². The third kappa shape index (κ3) is 5.52. The molecule has 18 heavy (non-hydrogen) atoms. The van der Waals surface area contributed by atoms with Crippen LogP contribution in [0.25, 0.3) is 0 Å². The number of primary amides is 1. The molecule has 0 atom stereocenters. The summed E-state index contributed by atoms with van der Waals surface area (Å²) in [6.07, 6.45) is 5.88.